The zero-order valence-electron chi connectivity index (χ0n) is 26.4. The van der Waals surface area contributed by atoms with Crippen LogP contribution in [0.3, 0.4) is 0 Å². The number of halogens is 4. The Balaban J connectivity index is 1.26. The van der Waals surface area contributed by atoms with Crippen LogP contribution < -0.4 is 4.90 Å². The second-order valence-corrected chi connectivity index (χ2v) is 13.5. The molecule has 0 spiro atoms. The standard InChI is InChI=1S/C34H38Cl4N6O3/c1-41(33(45)24-18-25(35)21-26(36)19-24)22-31(40-47-2)28(23-7-8-29(37)30(38)20-23)11-17-42-15-9-27(10-16-42)43-13-5-14-44(34(43)46)32-6-3-4-12-39-32/h3-4,6-8,12,18-21,27-28H,5,9-11,13-17,22H2,1-2H3/b40-31+/t28-/m1/s1. The molecule has 2 fully saturated rings. The highest BCUT2D eigenvalue weighted by molar-refractivity contribution is 6.42. The number of pyridine rings is 1. The Morgan fingerprint density at radius 3 is 2.40 bits per heavy atom. The first-order valence-electron chi connectivity index (χ1n) is 15.6. The van der Waals surface area contributed by atoms with Gasteiger partial charge in [-0.15, -0.1) is 0 Å². The Kier molecular flexibility index (Phi) is 12.3. The van der Waals surface area contributed by atoms with Crippen molar-refractivity contribution in [1.82, 2.24) is 19.7 Å². The van der Waals surface area contributed by atoms with Gasteiger partial charge in [0.05, 0.1) is 22.3 Å². The molecule has 3 amide bonds. The van der Waals surface area contributed by atoms with Gasteiger partial charge >= 0.3 is 6.03 Å². The van der Waals surface area contributed by atoms with E-state index in [9.17, 15) is 9.59 Å². The van der Waals surface area contributed by atoms with Crippen molar-refractivity contribution in [3.63, 3.8) is 0 Å². The van der Waals surface area contributed by atoms with Gasteiger partial charge in [0.15, 0.2) is 0 Å². The van der Waals surface area contributed by atoms with Crippen molar-refractivity contribution >= 4 is 69.9 Å². The van der Waals surface area contributed by atoms with Crippen LogP contribution in [-0.2, 0) is 4.84 Å². The first kappa shape index (κ1) is 35.2. The second kappa shape index (κ2) is 16.3. The number of hydrogen-bond donors (Lipinski definition) is 0. The number of hydrogen-bond acceptors (Lipinski definition) is 6. The third kappa shape index (κ3) is 8.89. The summed E-state index contributed by atoms with van der Waals surface area (Å²) in [6, 6.07) is 16.2. The normalized spacial score (nSPS) is 17.1. The minimum Gasteiger partial charge on any atom is -0.399 e. The third-order valence-electron chi connectivity index (χ3n) is 8.73. The molecule has 0 saturated carbocycles. The van der Waals surface area contributed by atoms with Crippen LogP contribution in [0, 0.1) is 0 Å². The van der Waals surface area contributed by atoms with Gasteiger partial charge in [-0.3, -0.25) is 9.69 Å². The summed E-state index contributed by atoms with van der Waals surface area (Å²) in [6.07, 6.45) is 5.11. The topological polar surface area (TPSA) is 81.6 Å². The number of urea groups is 1. The molecule has 2 aliphatic rings. The van der Waals surface area contributed by atoms with Crippen molar-refractivity contribution in [3.8, 4) is 0 Å². The van der Waals surface area contributed by atoms with Gasteiger partial charge in [-0.05, 0) is 80.3 Å². The zero-order chi connectivity index (χ0) is 33.5. The average molecular weight is 721 g/mol. The summed E-state index contributed by atoms with van der Waals surface area (Å²) in [7, 11) is 3.20. The Morgan fingerprint density at radius 2 is 1.74 bits per heavy atom. The van der Waals surface area contributed by atoms with Gasteiger partial charge in [0.25, 0.3) is 5.91 Å². The molecule has 1 aromatic heterocycles. The summed E-state index contributed by atoms with van der Waals surface area (Å²) in [6.45, 7) is 4.13. The van der Waals surface area contributed by atoms with Gasteiger partial charge in [0.2, 0.25) is 0 Å². The van der Waals surface area contributed by atoms with E-state index in [4.69, 9.17) is 51.2 Å². The zero-order valence-corrected chi connectivity index (χ0v) is 29.4. The average Bonchev–Trinajstić information content (AvgIpc) is 3.06. The Hall–Kier alpha value is -3.08. The van der Waals surface area contributed by atoms with Gasteiger partial charge in [-0.2, -0.15) is 0 Å². The fraction of sp³-hybridized carbons (Fsp3) is 0.412. The molecule has 2 saturated heterocycles. The van der Waals surface area contributed by atoms with E-state index in [1.54, 1.807) is 47.3 Å². The summed E-state index contributed by atoms with van der Waals surface area (Å²) in [4.78, 5) is 44.3. The van der Waals surface area contributed by atoms with Crippen molar-refractivity contribution < 1.29 is 14.4 Å². The number of piperidine rings is 1. The highest BCUT2D eigenvalue weighted by Gasteiger charge is 2.34. The van der Waals surface area contributed by atoms with Gasteiger partial charge < -0.3 is 19.5 Å². The van der Waals surface area contributed by atoms with E-state index in [2.05, 4.69) is 15.0 Å². The lowest BCUT2D eigenvalue weighted by molar-refractivity contribution is 0.0812. The van der Waals surface area contributed by atoms with Gasteiger partial charge in [0, 0.05) is 67.0 Å². The van der Waals surface area contributed by atoms with Gasteiger partial charge in [-0.25, -0.2) is 9.78 Å². The predicted octanol–water partition coefficient (Wildman–Crippen LogP) is 7.74. The maximum Gasteiger partial charge on any atom is 0.325 e. The van der Waals surface area contributed by atoms with Crippen LogP contribution in [0.5, 0.6) is 0 Å². The Bertz CT molecular complexity index is 1570. The molecule has 13 heteroatoms. The van der Waals surface area contributed by atoms with Crippen LogP contribution in [-0.4, -0.2) is 96.8 Å². The molecule has 3 heterocycles. The molecular formula is C34H38Cl4N6O3. The molecule has 250 valence electrons. The summed E-state index contributed by atoms with van der Waals surface area (Å²) in [5.74, 6) is 0.239. The van der Waals surface area contributed by atoms with E-state index in [0.29, 0.717) is 50.1 Å². The van der Waals surface area contributed by atoms with E-state index >= 15 is 0 Å². The lowest BCUT2D eigenvalue weighted by Crippen LogP contribution is -2.56. The first-order valence-corrected chi connectivity index (χ1v) is 17.1. The van der Waals surface area contributed by atoms with Crippen molar-refractivity contribution in [1.29, 1.82) is 0 Å². The molecule has 0 radical (unpaired) electrons. The molecule has 2 aliphatic heterocycles. The molecule has 0 aliphatic carbocycles. The molecule has 9 nitrogen and oxygen atoms in total. The molecule has 1 atom stereocenters. The smallest absolute Gasteiger partial charge is 0.325 e. The van der Waals surface area contributed by atoms with Crippen LogP contribution >= 0.6 is 46.4 Å². The van der Waals surface area contributed by atoms with Crippen LogP contribution in [0.2, 0.25) is 20.1 Å². The Morgan fingerprint density at radius 1 is 1.00 bits per heavy atom. The number of carbonyl (C=O) groups excluding carboxylic acids is 2. The lowest BCUT2D eigenvalue weighted by Gasteiger charge is -2.43. The number of likely N-dealkylation sites (tertiary alicyclic amines) is 1. The summed E-state index contributed by atoms with van der Waals surface area (Å²) in [5.41, 5.74) is 1.97. The van der Waals surface area contributed by atoms with Crippen molar-refractivity contribution in [2.75, 3.05) is 58.3 Å². The van der Waals surface area contributed by atoms with E-state index in [1.807, 2.05) is 35.2 Å². The largest absolute Gasteiger partial charge is 0.399 e. The van der Waals surface area contributed by atoms with Crippen molar-refractivity contribution in [3.05, 3.63) is 92.0 Å². The Labute approximate surface area is 295 Å². The highest BCUT2D eigenvalue weighted by atomic mass is 35.5. The number of amides is 3. The van der Waals surface area contributed by atoms with E-state index in [-0.39, 0.29) is 30.4 Å². The molecule has 0 N–H and O–H groups in total. The number of anilines is 1. The summed E-state index contributed by atoms with van der Waals surface area (Å²) in [5, 5.41) is 6.07. The molecule has 0 unspecified atom stereocenters. The molecule has 3 aromatic rings. The monoisotopic (exact) mass is 718 g/mol. The SMILES string of the molecule is CO/N=C(\CN(C)C(=O)c1cc(Cl)cc(Cl)c1)[C@H](CCN1CCC(N2CCCN(c3ccccn3)C2=O)CC1)c1ccc(Cl)c(Cl)c1. The predicted molar refractivity (Wildman–Crippen MR) is 189 cm³/mol. The fourth-order valence-corrected chi connectivity index (χ4v) is 7.20. The minimum absolute atomic E-state index is 0.0345. The number of aromatic nitrogens is 1. The van der Waals surface area contributed by atoms with E-state index < -0.39 is 0 Å². The van der Waals surface area contributed by atoms with Gasteiger partial charge in [0.1, 0.15) is 12.9 Å². The van der Waals surface area contributed by atoms with E-state index in [0.717, 1.165) is 51.0 Å². The number of benzene rings is 2. The molecule has 5 rings (SSSR count). The number of nitrogens with zero attached hydrogens (tertiary/aromatic N) is 6. The summed E-state index contributed by atoms with van der Waals surface area (Å²) < 4.78 is 0. The van der Waals surface area contributed by atoms with Crippen LogP contribution in [0.4, 0.5) is 10.6 Å². The maximum absolute atomic E-state index is 13.4. The minimum atomic E-state index is -0.248. The van der Waals surface area contributed by atoms with Crippen molar-refractivity contribution in [2.24, 2.45) is 5.16 Å². The van der Waals surface area contributed by atoms with Crippen LogP contribution in [0.15, 0.2) is 65.9 Å². The fourth-order valence-electron chi connectivity index (χ4n) is 6.36. The third-order valence-corrected chi connectivity index (χ3v) is 9.90. The van der Waals surface area contributed by atoms with Crippen LogP contribution in [0.25, 0.3) is 0 Å². The second-order valence-electron chi connectivity index (χ2n) is 11.8. The number of oxime groups is 1. The molecule has 47 heavy (non-hydrogen) atoms. The van der Waals surface area contributed by atoms with Crippen LogP contribution in [0.1, 0.15) is 47.5 Å². The highest BCUT2D eigenvalue weighted by Crippen LogP contribution is 2.31. The lowest BCUT2D eigenvalue weighted by atomic mass is 9.89. The maximum atomic E-state index is 13.4. The number of carbonyl (C=O) groups is 2. The molecular weight excluding hydrogens is 682 g/mol. The first-order chi connectivity index (χ1) is 22.6. The number of rotatable bonds is 11. The molecule has 2 aromatic carbocycles. The molecule has 0 bridgehead atoms. The quantitative estimate of drug-likeness (QED) is 0.150. The van der Waals surface area contributed by atoms with Crippen molar-refractivity contribution in [2.45, 2.75) is 37.6 Å². The van der Waals surface area contributed by atoms with Gasteiger partial charge in [-0.1, -0.05) is 63.7 Å². The van der Waals surface area contributed by atoms with E-state index in [1.165, 1.54) is 7.11 Å². The summed E-state index contributed by atoms with van der Waals surface area (Å²) >= 11 is 25.1.